The molecule has 1 aromatic rings. The Hall–Kier alpha value is -1.43. The normalized spacial score (nSPS) is 12.4. The molecule has 0 aliphatic heterocycles. The summed E-state index contributed by atoms with van der Waals surface area (Å²) >= 11 is 0. The minimum Gasteiger partial charge on any atom is -0.354 e. The van der Waals surface area contributed by atoms with Crippen LogP contribution in [0.3, 0.4) is 0 Å². The zero-order valence-corrected chi connectivity index (χ0v) is 8.77. The Morgan fingerprint density at radius 3 is 3.13 bits per heavy atom. The molecule has 84 valence electrons. The maximum absolute atomic E-state index is 11.4. The van der Waals surface area contributed by atoms with Crippen molar-refractivity contribution in [2.75, 3.05) is 6.54 Å². The molecule has 6 nitrogen and oxygen atoms in total. The van der Waals surface area contributed by atoms with E-state index in [0.29, 0.717) is 25.3 Å². The largest absolute Gasteiger partial charge is 0.354 e. The summed E-state index contributed by atoms with van der Waals surface area (Å²) in [7, 11) is 0. The topological polar surface area (TPSA) is 94.0 Å². The fraction of sp³-hybridized carbons (Fsp3) is 0.667. The molecule has 0 fully saturated rings. The van der Waals surface area contributed by atoms with Crippen LogP contribution < -0.4 is 11.1 Å². The van der Waals surface area contributed by atoms with E-state index in [2.05, 4.69) is 15.5 Å². The molecule has 0 aliphatic rings. The minimum absolute atomic E-state index is 0.128. The van der Waals surface area contributed by atoms with E-state index in [1.807, 2.05) is 6.92 Å². The summed E-state index contributed by atoms with van der Waals surface area (Å²) in [5, 5.41) is 6.17. The van der Waals surface area contributed by atoms with Gasteiger partial charge in [0.25, 0.3) is 0 Å². The highest BCUT2D eigenvalue weighted by molar-refractivity contribution is 5.81. The van der Waals surface area contributed by atoms with Crippen LogP contribution in [0.25, 0.3) is 0 Å². The Kier molecular flexibility index (Phi) is 4.76. The molecule has 0 unspecified atom stereocenters. The van der Waals surface area contributed by atoms with Crippen LogP contribution in [-0.2, 0) is 11.2 Å². The van der Waals surface area contributed by atoms with Gasteiger partial charge in [-0.05, 0) is 6.42 Å². The first-order chi connectivity index (χ1) is 7.24. The van der Waals surface area contributed by atoms with Crippen LogP contribution in [0.15, 0.2) is 10.9 Å². The van der Waals surface area contributed by atoms with Gasteiger partial charge >= 0.3 is 0 Å². The maximum Gasteiger partial charge on any atom is 0.236 e. The second-order valence-electron chi connectivity index (χ2n) is 3.27. The number of nitrogens with zero attached hydrogens (tertiary/aromatic N) is 2. The van der Waals surface area contributed by atoms with E-state index in [0.717, 1.165) is 6.42 Å². The van der Waals surface area contributed by atoms with E-state index < -0.39 is 6.04 Å². The van der Waals surface area contributed by atoms with Gasteiger partial charge in [0.2, 0.25) is 11.8 Å². The molecule has 1 atom stereocenters. The first-order valence-electron chi connectivity index (χ1n) is 5.03. The molecule has 3 N–H and O–H groups in total. The second-order valence-corrected chi connectivity index (χ2v) is 3.27. The van der Waals surface area contributed by atoms with E-state index in [-0.39, 0.29) is 5.91 Å². The molecule has 0 bridgehead atoms. The average molecular weight is 212 g/mol. The predicted molar refractivity (Wildman–Crippen MR) is 53.9 cm³/mol. The fourth-order valence-corrected chi connectivity index (χ4v) is 1.17. The number of carbonyl (C=O) groups excluding carboxylic acids is 1. The van der Waals surface area contributed by atoms with Gasteiger partial charge in [-0.2, -0.15) is 4.98 Å². The summed E-state index contributed by atoms with van der Waals surface area (Å²) in [6.45, 7) is 2.46. The summed E-state index contributed by atoms with van der Waals surface area (Å²) in [6, 6.07) is -0.419. The molecule has 0 aliphatic carbocycles. The molecule has 0 saturated heterocycles. The molecule has 1 aromatic heterocycles. The highest BCUT2D eigenvalue weighted by atomic mass is 16.5. The van der Waals surface area contributed by atoms with Crippen molar-refractivity contribution in [3.05, 3.63) is 12.2 Å². The van der Waals surface area contributed by atoms with Crippen molar-refractivity contribution in [3.8, 4) is 0 Å². The van der Waals surface area contributed by atoms with Crippen molar-refractivity contribution >= 4 is 5.91 Å². The van der Waals surface area contributed by atoms with Gasteiger partial charge in [0.15, 0.2) is 6.33 Å². The number of hydrogen-bond acceptors (Lipinski definition) is 5. The van der Waals surface area contributed by atoms with Gasteiger partial charge in [-0.1, -0.05) is 18.5 Å². The van der Waals surface area contributed by atoms with Crippen LogP contribution in [0, 0.1) is 0 Å². The number of hydrogen-bond donors (Lipinski definition) is 2. The highest BCUT2D eigenvalue weighted by Gasteiger charge is 2.11. The smallest absolute Gasteiger partial charge is 0.236 e. The summed E-state index contributed by atoms with van der Waals surface area (Å²) < 4.78 is 4.78. The first-order valence-corrected chi connectivity index (χ1v) is 5.03. The van der Waals surface area contributed by atoms with E-state index in [4.69, 9.17) is 10.3 Å². The third kappa shape index (κ3) is 4.07. The molecule has 1 rings (SSSR count). The first kappa shape index (κ1) is 11.6. The summed E-state index contributed by atoms with van der Waals surface area (Å²) in [5.74, 6) is 0.385. The SMILES string of the molecule is CCC[C@@H](N)C(=O)NCCc1ncno1. The third-order valence-corrected chi connectivity index (χ3v) is 1.98. The molecular weight excluding hydrogens is 196 g/mol. The number of nitrogens with two attached hydrogens (primary N) is 1. The predicted octanol–water partition coefficient (Wildman–Crippen LogP) is -0.144. The molecule has 6 heteroatoms. The van der Waals surface area contributed by atoms with Crippen LogP contribution >= 0.6 is 0 Å². The Morgan fingerprint density at radius 1 is 1.73 bits per heavy atom. The van der Waals surface area contributed by atoms with Gasteiger partial charge in [0.1, 0.15) is 0 Å². The van der Waals surface area contributed by atoms with Crippen LogP contribution in [0.2, 0.25) is 0 Å². The molecule has 0 radical (unpaired) electrons. The Balaban J connectivity index is 2.17. The van der Waals surface area contributed by atoms with Gasteiger partial charge in [0, 0.05) is 13.0 Å². The van der Waals surface area contributed by atoms with Crippen molar-refractivity contribution in [1.82, 2.24) is 15.5 Å². The number of carbonyl (C=O) groups is 1. The Labute approximate surface area is 88.2 Å². The lowest BCUT2D eigenvalue weighted by molar-refractivity contribution is -0.122. The molecule has 0 spiro atoms. The minimum atomic E-state index is -0.419. The van der Waals surface area contributed by atoms with Gasteiger partial charge in [-0.15, -0.1) is 0 Å². The van der Waals surface area contributed by atoms with Gasteiger partial charge < -0.3 is 15.6 Å². The highest BCUT2D eigenvalue weighted by Crippen LogP contribution is 1.94. The molecule has 1 heterocycles. The summed E-state index contributed by atoms with van der Waals surface area (Å²) in [5.41, 5.74) is 5.62. The van der Waals surface area contributed by atoms with Gasteiger partial charge in [-0.25, -0.2) is 0 Å². The average Bonchev–Trinajstić information content (AvgIpc) is 2.71. The Morgan fingerprint density at radius 2 is 2.53 bits per heavy atom. The number of aromatic nitrogens is 2. The van der Waals surface area contributed by atoms with E-state index in [1.54, 1.807) is 0 Å². The van der Waals surface area contributed by atoms with E-state index in [9.17, 15) is 4.79 Å². The quantitative estimate of drug-likeness (QED) is 0.684. The van der Waals surface area contributed by atoms with Crippen molar-refractivity contribution in [2.45, 2.75) is 32.2 Å². The van der Waals surface area contributed by atoms with E-state index in [1.165, 1.54) is 6.33 Å². The molecule has 1 amide bonds. The second kappa shape index (κ2) is 6.13. The lowest BCUT2D eigenvalue weighted by atomic mass is 10.2. The van der Waals surface area contributed by atoms with Crippen LogP contribution in [0.4, 0.5) is 0 Å². The third-order valence-electron chi connectivity index (χ3n) is 1.98. The fourth-order valence-electron chi connectivity index (χ4n) is 1.17. The lowest BCUT2D eigenvalue weighted by Gasteiger charge is -2.09. The number of rotatable bonds is 6. The van der Waals surface area contributed by atoms with Gasteiger partial charge in [-0.3, -0.25) is 4.79 Å². The zero-order valence-electron chi connectivity index (χ0n) is 8.77. The lowest BCUT2D eigenvalue weighted by Crippen LogP contribution is -2.41. The molecular formula is C9H16N4O2. The monoisotopic (exact) mass is 212 g/mol. The van der Waals surface area contributed by atoms with Crippen molar-refractivity contribution in [2.24, 2.45) is 5.73 Å². The number of nitrogens with one attached hydrogen (secondary N) is 1. The summed E-state index contributed by atoms with van der Waals surface area (Å²) in [4.78, 5) is 15.2. The van der Waals surface area contributed by atoms with Crippen molar-refractivity contribution in [1.29, 1.82) is 0 Å². The zero-order chi connectivity index (χ0) is 11.1. The van der Waals surface area contributed by atoms with Crippen molar-refractivity contribution in [3.63, 3.8) is 0 Å². The maximum atomic E-state index is 11.4. The van der Waals surface area contributed by atoms with Crippen molar-refractivity contribution < 1.29 is 9.32 Å². The molecule has 15 heavy (non-hydrogen) atoms. The molecule has 0 aromatic carbocycles. The standard InChI is InChI=1S/C9H16N4O2/c1-2-3-7(10)9(14)11-5-4-8-12-6-13-15-8/h6-7H,2-5,10H2,1H3,(H,11,14)/t7-/m1/s1. The van der Waals surface area contributed by atoms with E-state index >= 15 is 0 Å². The van der Waals surface area contributed by atoms with Crippen LogP contribution in [0.5, 0.6) is 0 Å². The number of amides is 1. The summed E-state index contributed by atoms with van der Waals surface area (Å²) in [6.07, 6.45) is 3.47. The molecule has 0 saturated carbocycles. The van der Waals surface area contributed by atoms with Gasteiger partial charge in [0.05, 0.1) is 6.04 Å². The van der Waals surface area contributed by atoms with Crippen LogP contribution in [0.1, 0.15) is 25.7 Å². The Bertz CT molecular complexity index is 286. The van der Waals surface area contributed by atoms with Crippen LogP contribution in [-0.4, -0.2) is 28.6 Å².